The fourth-order valence-corrected chi connectivity index (χ4v) is 2.72. The first-order valence-corrected chi connectivity index (χ1v) is 9.16. The fraction of sp³-hybridized carbons (Fsp3) is 0.348. The highest BCUT2D eigenvalue weighted by molar-refractivity contribution is 5.86. The summed E-state index contributed by atoms with van der Waals surface area (Å²) in [6.45, 7) is 9.22. The molecular weight excluding hydrogens is 356 g/mol. The maximum absolute atomic E-state index is 10.8. The lowest BCUT2D eigenvalue weighted by molar-refractivity contribution is -0.131. The lowest BCUT2D eigenvalue weighted by Gasteiger charge is -2.23. The molecule has 0 aromatic heterocycles. The van der Waals surface area contributed by atoms with Crippen LogP contribution >= 0.6 is 0 Å². The average Bonchev–Trinajstić information content (AvgIpc) is 2.64. The quantitative estimate of drug-likeness (QED) is 0.520. The second kappa shape index (κ2) is 9.31. The molecular formula is C23H28O5. The number of aryl methyl sites for hydroxylation is 1. The normalized spacial score (nSPS) is 11.5. The average molecular weight is 384 g/mol. The van der Waals surface area contributed by atoms with Gasteiger partial charge in [-0.2, -0.15) is 0 Å². The molecule has 0 bridgehead atoms. The first kappa shape index (κ1) is 21.4. The summed E-state index contributed by atoms with van der Waals surface area (Å²) in [7, 11) is 1.57. The van der Waals surface area contributed by atoms with Gasteiger partial charge in [-0.3, -0.25) is 0 Å². The highest BCUT2D eigenvalue weighted by atomic mass is 16.5. The summed E-state index contributed by atoms with van der Waals surface area (Å²) < 4.78 is 17.0. The van der Waals surface area contributed by atoms with Gasteiger partial charge in [-0.1, -0.05) is 38.5 Å². The molecule has 0 radical (unpaired) electrons. The smallest absolute Gasteiger partial charge is 0.328 e. The minimum absolute atomic E-state index is 0.0240. The van der Waals surface area contributed by atoms with Crippen LogP contribution in [0.1, 0.15) is 37.5 Å². The van der Waals surface area contributed by atoms with E-state index in [1.807, 2.05) is 12.1 Å². The molecule has 2 aromatic carbocycles. The maximum atomic E-state index is 10.8. The fourth-order valence-electron chi connectivity index (χ4n) is 2.72. The molecule has 2 aromatic rings. The van der Waals surface area contributed by atoms with Crippen LogP contribution in [0.2, 0.25) is 0 Å². The standard InChI is InChI=1S/C23H28O5/c1-16-6-10-20(19(14-16)23(2,3)4)27-12-13-28-21-15-18(26-5)9-7-17(21)8-11-22(24)25/h6-11,14-15H,12-13H2,1-5H3,(H,24,25). The largest absolute Gasteiger partial charge is 0.497 e. The summed E-state index contributed by atoms with van der Waals surface area (Å²) >= 11 is 0. The van der Waals surface area contributed by atoms with Crippen molar-refractivity contribution in [2.45, 2.75) is 33.1 Å². The molecule has 0 unspecified atom stereocenters. The lowest BCUT2D eigenvalue weighted by Crippen LogP contribution is -2.16. The second-order valence-corrected chi connectivity index (χ2v) is 7.52. The molecule has 0 aliphatic heterocycles. The Balaban J connectivity index is 2.07. The molecule has 0 spiro atoms. The van der Waals surface area contributed by atoms with E-state index in [-0.39, 0.29) is 5.41 Å². The Hall–Kier alpha value is -2.95. The van der Waals surface area contributed by atoms with Crippen LogP contribution in [0.15, 0.2) is 42.5 Å². The zero-order chi connectivity index (χ0) is 20.7. The first-order chi connectivity index (χ1) is 13.2. The minimum Gasteiger partial charge on any atom is -0.497 e. The molecule has 0 heterocycles. The van der Waals surface area contributed by atoms with Crippen LogP contribution in [0, 0.1) is 6.92 Å². The van der Waals surface area contributed by atoms with Crippen molar-refractivity contribution >= 4 is 12.0 Å². The van der Waals surface area contributed by atoms with Crippen LogP contribution in [0.4, 0.5) is 0 Å². The van der Waals surface area contributed by atoms with Crippen molar-refractivity contribution < 1.29 is 24.1 Å². The van der Waals surface area contributed by atoms with Crippen molar-refractivity contribution in [2.24, 2.45) is 0 Å². The summed E-state index contributed by atoms with van der Waals surface area (Å²) in [5, 5.41) is 8.85. The van der Waals surface area contributed by atoms with Gasteiger partial charge >= 0.3 is 5.97 Å². The van der Waals surface area contributed by atoms with Crippen LogP contribution in [-0.4, -0.2) is 31.4 Å². The maximum Gasteiger partial charge on any atom is 0.328 e. The number of benzene rings is 2. The summed E-state index contributed by atoms with van der Waals surface area (Å²) in [4.78, 5) is 10.8. The summed E-state index contributed by atoms with van der Waals surface area (Å²) in [6, 6.07) is 11.4. The minimum atomic E-state index is -1.01. The predicted molar refractivity (Wildman–Crippen MR) is 111 cm³/mol. The molecule has 2 rings (SSSR count). The number of hydrogen-bond donors (Lipinski definition) is 1. The Morgan fingerprint density at radius 2 is 1.71 bits per heavy atom. The number of carboxylic acids is 1. The molecule has 0 saturated carbocycles. The van der Waals surface area contributed by atoms with E-state index in [1.54, 1.807) is 25.3 Å². The first-order valence-electron chi connectivity index (χ1n) is 9.16. The molecule has 0 atom stereocenters. The highest BCUT2D eigenvalue weighted by Crippen LogP contribution is 2.32. The van der Waals surface area contributed by atoms with E-state index in [4.69, 9.17) is 19.3 Å². The number of aliphatic carboxylic acids is 1. The van der Waals surface area contributed by atoms with Crippen LogP contribution in [0.5, 0.6) is 17.2 Å². The van der Waals surface area contributed by atoms with Gasteiger partial charge in [-0.15, -0.1) is 0 Å². The van der Waals surface area contributed by atoms with Gasteiger partial charge in [-0.05, 0) is 42.2 Å². The van der Waals surface area contributed by atoms with E-state index in [9.17, 15) is 4.79 Å². The van der Waals surface area contributed by atoms with Gasteiger partial charge in [0, 0.05) is 17.7 Å². The Bertz CT molecular complexity index is 847. The molecule has 1 N–H and O–H groups in total. The second-order valence-electron chi connectivity index (χ2n) is 7.52. The van der Waals surface area contributed by atoms with E-state index in [0.29, 0.717) is 30.3 Å². The number of hydrogen-bond acceptors (Lipinski definition) is 4. The molecule has 0 amide bonds. The molecule has 150 valence electrons. The highest BCUT2D eigenvalue weighted by Gasteiger charge is 2.19. The predicted octanol–water partition coefficient (Wildman–Crippen LogP) is 4.86. The molecule has 5 nitrogen and oxygen atoms in total. The number of rotatable bonds is 8. The SMILES string of the molecule is COc1ccc(C=CC(=O)O)c(OCCOc2ccc(C)cc2C(C)(C)C)c1. The van der Waals surface area contributed by atoms with E-state index in [1.165, 1.54) is 11.6 Å². The zero-order valence-electron chi connectivity index (χ0n) is 17.1. The van der Waals surface area contributed by atoms with Crippen molar-refractivity contribution in [3.8, 4) is 17.2 Å². The van der Waals surface area contributed by atoms with Crippen LogP contribution in [-0.2, 0) is 10.2 Å². The monoisotopic (exact) mass is 384 g/mol. The van der Waals surface area contributed by atoms with E-state index in [2.05, 4.69) is 33.8 Å². The van der Waals surface area contributed by atoms with Gasteiger partial charge in [0.2, 0.25) is 0 Å². The third kappa shape index (κ3) is 6.05. The lowest BCUT2D eigenvalue weighted by atomic mass is 9.85. The third-order valence-corrected chi connectivity index (χ3v) is 4.17. The summed E-state index contributed by atoms with van der Waals surface area (Å²) in [6.07, 6.45) is 2.57. The van der Waals surface area contributed by atoms with Crippen molar-refractivity contribution in [1.29, 1.82) is 0 Å². The Labute approximate surface area is 166 Å². The zero-order valence-corrected chi connectivity index (χ0v) is 17.1. The van der Waals surface area contributed by atoms with E-state index >= 15 is 0 Å². The van der Waals surface area contributed by atoms with Crippen molar-refractivity contribution in [2.75, 3.05) is 20.3 Å². The van der Waals surface area contributed by atoms with Crippen LogP contribution in [0.3, 0.4) is 0 Å². The molecule has 0 aliphatic rings. The molecule has 0 saturated heterocycles. The Morgan fingerprint density at radius 3 is 2.32 bits per heavy atom. The number of methoxy groups -OCH3 is 1. The van der Waals surface area contributed by atoms with E-state index in [0.717, 1.165) is 17.4 Å². The van der Waals surface area contributed by atoms with Crippen LogP contribution in [0.25, 0.3) is 6.08 Å². The van der Waals surface area contributed by atoms with Gasteiger partial charge in [0.25, 0.3) is 0 Å². The molecule has 5 heteroatoms. The van der Waals surface area contributed by atoms with E-state index < -0.39 is 5.97 Å². The topological polar surface area (TPSA) is 65.0 Å². The van der Waals surface area contributed by atoms with Gasteiger partial charge in [0.05, 0.1) is 7.11 Å². The summed E-state index contributed by atoms with van der Waals surface area (Å²) in [5.41, 5.74) is 2.98. The number of carbonyl (C=O) groups is 1. The van der Waals surface area contributed by atoms with Gasteiger partial charge < -0.3 is 19.3 Å². The van der Waals surface area contributed by atoms with Crippen molar-refractivity contribution in [3.63, 3.8) is 0 Å². The van der Waals surface area contributed by atoms with Crippen molar-refractivity contribution in [1.82, 2.24) is 0 Å². The van der Waals surface area contributed by atoms with Crippen molar-refractivity contribution in [3.05, 3.63) is 59.2 Å². The Kier molecular flexibility index (Phi) is 7.10. The molecule has 28 heavy (non-hydrogen) atoms. The molecule has 0 fully saturated rings. The number of ether oxygens (including phenoxy) is 3. The van der Waals surface area contributed by atoms with Gasteiger partial charge in [-0.25, -0.2) is 4.79 Å². The number of carboxylic acid groups (broad SMARTS) is 1. The van der Waals surface area contributed by atoms with Gasteiger partial charge in [0.1, 0.15) is 30.5 Å². The van der Waals surface area contributed by atoms with Gasteiger partial charge in [0.15, 0.2) is 0 Å². The Morgan fingerprint density at radius 1 is 1.04 bits per heavy atom. The third-order valence-electron chi connectivity index (χ3n) is 4.17. The summed E-state index contributed by atoms with van der Waals surface area (Å²) in [5.74, 6) is 1.01. The van der Waals surface area contributed by atoms with Crippen LogP contribution < -0.4 is 14.2 Å². The molecule has 0 aliphatic carbocycles.